The molecule has 1 aliphatic carbocycles. The predicted molar refractivity (Wildman–Crippen MR) is 68.1 cm³/mol. The third-order valence-electron chi connectivity index (χ3n) is 3.45. The van der Waals surface area contributed by atoms with E-state index in [9.17, 15) is 0 Å². The molecule has 0 amide bonds. The molecule has 1 nitrogen and oxygen atoms in total. The first-order chi connectivity index (χ1) is 7.22. The van der Waals surface area contributed by atoms with E-state index in [1.54, 1.807) is 0 Å². The molecule has 1 aliphatic rings. The van der Waals surface area contributed by atoms with Crippen LogP contribution in [0.3, 0.4) is 0 Å². The smallest absolute Gasteiger partial charge is 0.00727 e. The average Bonchev–Trinajstić information content (AvgIpc) is 2.13. The van der Waals surface area contributed by atoms with Crippen molar-refractivity contribution >= 4 is 0 Å². The predicted octanol–water partition coefficient (Wildman–Crippen LogP) is 3.90. The van der Waals surface area contributed by atoms with Gasteiger partial charge in [-0.1, -0.05) is 31.8 Å². The Kier molecular flexibility index (Phi) is 6.00. The van der Waals surface area contributed by atoms with E-state index in [1.165, 1.54) is 57.1 Å². The van der Waals surface area contributed by atoms with E-state index in [1.807, 2.05) is 0 Å². The summed E-state index contributed by atoms with van der Waals surface area (Å²) in [5.41, 5.74) is 1.33. The highest BCUT2D eigenvalue weighted by atomic mass is 14.9. The Balaban J connectivity index is 2.20. The Bertz CT molecular complexity index is 182. The highest BCUT2D eigenvalue weighted by molar-refractivity contribution is 4.90. The SMILES string of the molecule is C=C(C)CCC(CC1CCC1)NCCC. The molecule has 15 heavy (non-hydrogen) atoms. The van der Waals surface area contributed by atoms with Gasteiger partial charge in [0.1, 0.15) is 0 Å². The zero-order valence-electron chi connectivity index (χ0n) is 10.5. The fraction of sp³-hybridized carbons (Fsp3) is 0.857. The molecular formula is C14H27N. The average molecular weight is 209 g/mol. The van der Waals surface area contributed by atoms with Gasteiger partial charge in [0.25, 0.3) is 0 Å². The van der Waals surface area contributed by atoms with Gasteiger partial charge in [-0.15, -0.1) is 6.58 Å². The maximum atomic E-state index is 3.99. The van der Waals surface area contributed by atoms with Gasteiger partial charge >= 0.3 is 0 Å². The van der Waals surface area contributed by atoms with Crippen LogP contribution in [0, 0.1) is 5.92 Å². The Labute approximate surface area is 95.3 Å². The summed E-state index contributed by atoms with van der Waals surface area (Å²) < 4.78 is 0. The summed E-state index contributed by atoms with van der Waals surface area (Å²) in [5.74, 6) is 1.02. The lowest BCUT2D eigenvalue weighted by Crippen LogP contribution is -2.33. The van der Waals surface area contributed by atoms with Crippen LogP contribution >= 0.6 is 0 Å². The summed E-state index contributed by atoms with van der Waals surface area (Å²) in [6.07, 6.45) is 9.52. The maximum absolute atomic E-state index is 3.99. The van der Waals surface area contributed by atoms with E-state index < -0.39 is 0 Å². The molecule has 0 aliphatic heterocycles. The van der Waals surface area contributed by atoms with Gasteiger partial charge in [0.15, 0.2) is 0 Å². The molecule has 0 saturated heterocycles. The summed E-state index contributed by atoms with van der Waals surface area (Å²) in [6.45, 7) is 9.55. The Morgan fingerprint density at radius 3 is 2.67 bits per heavy atom. The van der Waals surface area contributed by atoms with Crippen molar-refractivity contribution in [3.63, 3.8) is 0 Å². The molecule has 0 heterocycles. The monoisotopic (exact) mass is 209 g/mol. The van der Waals surface area contributed by atoms with Crippen molar-refractivity contribution in [1.29, 1.82) is 0 Å². The van der Waals surface area contributed by atoms with Gasteiger partial charge in [-0.25, -0.2) is 0 Å². The molecule has 0 aromatic rings. The van der Waals surface area contributed by atoms with E-state index in [0.29, 0.717) is 0 Å². The Hall–Kier alpha value is -0.300. The summed E-state index contributed by atoms with van der Waals surface area (Å²) >= 11 is 0. The van der Waals surface area contributed by atoms with Crippen LogP contribution in [0.1, 0.15) is 58.8 Å². The van der Waals surface area contributed by atoms with Gasteiger partial charge in [0.05, 0.1) is 0 Å². The number of rotatable bonds is 8. The first-order valence-corrected chi connectivity index (χ1v) is 6.60. The van der Waals surface area contributed by atoms with E-state index in [2.05, 4.69) is 25.7 Å². The van der Waals surface area contributed by atoms with Gasteiger partial charge < -0.3 is 5.32 Å². The molecule has 1 saturated carbocycles. The van der Waals surface area contributed by atoms with Gasteiger partial charge in [-0.2, -0.15) is 0 Å². The lowest BCUT2D eigenvalue weighted by atomic mass is 9.80. The molecule has 1 unspecified atom stereocenters. The van der Waals surface area contributed by atoms with Crippen molar-refractivity contribution in [2.75, 3.05) is 6.54 Å². The van der Waals surface area contributed by atoms with Crippen LogP contribution in [0.4, 0.5) is 0 Å². The standard InChI is InChI=1S/C14H27N/c1-4-10-15-14(9-8-12(2)3)11-13-6-5-7-13/h13-15H,2,4-11H2,1,3H3. The normalized spacial score (nSPS) is 18.5. The highest BCUT2D eigenvalue weighted by Crippen LogP contribution is 2.31. The third kappa shape index (κ3) is 5.36. The third-order valence-corrected chi connectivity index (χ3v) is 3.45. The van der Waals surface area contributed by atoms with Crippen LogP contribution in [0.2, 0.25) is 0 Å². The molecule has 0 aromatic carbocycles. The first-order valence-electron chi connectivity index (χ1n) is 6.60. The number of nitrogens with one attached hydrogen (secondary N) is 1. The lowest BCUT2D eigenvalue weighted by Gasteiger charge is -2.30. The minimum atomic E-state index is 0.743. The topological polar surface area (TPSA) is 12.0 Å². The molecule has 0 aromatic heterocycles. The minimum absolute atomic E-state index is 0.743. The molecule has 0 bridgehead atoms. The summed E-state index contributed by atoms with van der Waals surface area (Å²) in [4.78, 5) is 0. The van der Waals surface area contributed by atoms with Crippen molar-refractivity contribution in [1.82, 2.24) is 5.32 Å². The molecule has 1 N–H and O–H groups in total. The maximum Gasteiger partial charge on any atom is 0.00727 e. The van der Waals surface area contributed by atoms with Gasteiger partial charge in [0, 0.05) is 6.04 Å². The summed E-state index contributed by atoms with van der Waals surface area (Å²) in [6, 6.07) is 0.743. The van der Waals surface area contributed by atoms with E-state index in [0.717, 1.165) is 12.0 Å². The molecule has 1 heteroatoms. The van der Waals surface area contributed by atoms with Crippen molar-refractivity contribution in [2.45, 2.75) is 64.8 Å². The van der Waals surface area contributed by atoms with E-state index >= 15 is 0 Å². The van der Waals surface area contributed by atoms with Crippen LogP contribution in [0.15, 0.2) is 12.2 Å². The molecule has 0 radical (unpaired) electrons. The Morgan fingerprint density at radius 1 is 1.47 bits per heavy atom. The molecular weight excluding hydrogens is 182 g/mol. The summed E-state index contributed by atoms with van der Waals surface area (Å²) in [7, 11) is 0. The van der Waals surface area contributed by atoms with Crippen molar-refractivity contribution in [2.24, 2.45) is 5.92 Å². The second kappa shape index (κ2) is 7.05. The second-order valence-electron chi connectivity index (χ2n) is 5.18. The van der Waals surface area contributed by atoms with Crippen LogP contribution in [0.5, 0.6) is 0 Å². The number of allylic oxidation sites excluding steroid dienone is 1. The van der Waals surface area contributed by atoms with Crippen LogP contribution in [0.25, 0.3) is 0 Å². The van der Waals surface area contributed by atoms with Crippen LogP contribution < -0.4 is 5.32 Å². The van der Waals surface area contributed by atoms with Crippen molar-refractivity contribution < 1.29 is 0 Å². The zero-order valence-corrected chi connectivity index (χ0v) is 10.5. The lowest BCUT2D eigenvalue weighted by molar-refractivity contribution is 0.254. The molecule has 88 valence electrons. The zero-order chi connectivity index (χ0) is 11.1. The van der Waals surface area contributed by atoms with Gasteiger partial charge in [-0.05, 0) is 45.1 Å². The molecule has 1 rings (SSSR count). The second-order valence-corrected chi connectivity index (χ2v) is 5.18. The number of hydrogen-bond donors (Lipinski definition) is 1. The fourth-order valence-corrected chi connectivity index (χ4v) is 2.20. The van der Waals surface area contributed by atoms with E-state index in [4.69, 9.17) is 0 Å². The fourth-order valence-electron chi connectivity index (χ4n) is 2.20. The van der Waals surface area contributed by atoms with Crippen molar-refractivity contribution in [3.05, 3.63) is 12.2 Å². The highest BCUT2D eigenvalue weighted by Gasteiger charge is 2.21. The first kappa shape index (κ1) is 12.8. The van der Waals surface area contributed by atoms with E-state index in [-0.39, 0.29) is 0 Å². The quantitative estimate of drug-likeness (QED) is 0.598. The minimum Gasteiger partial charge on any atom is -0.314 e. The largest absolute Gasteiger partial charge is 0.314 e. The van der Waals surface area contributed by atoms with Crippen molar-refractivity contribution in [3.8, 4) is 0 Å². The van der Waals surface area contributed by atoms with Gasteiger partial charge in [-0.3, -0.25) is 0 Å². The van der Waals surface area contributed by atoms with Gasteiger partial charge in [0.2, 0.25) is 0 Å². The van der Waals surface area contributed by atoms with Crippen LogP contribution in [-0.2, 0) is 0 Å². The Morgan fingerprint density at radius 2 is 2.20 bits per heavy atom. The molecule has 1 fully saturated rings. The number of hydrogen-bond acceptors (Lipinski definition) is 1. The van der Waals surface area contributed by atoms with Crippen LogP contribution in [-0.4, -0.2) is 12.6 Å². The molecule has 0 spiro atoms. The summed E-state index contributed by atoms with van der Waals surface area (Å²) in [5, 5.41) is 3.68. The molecule has 1 atom stereocenters.